The highest BCUT2D eigenvalue weighted by Gasteiger charge is 2.32. The van der Waals surface area contributed by atoms with Crippen molar-refractivity contribution in [1.29, 1.82) is 0 Å². The van der Waals surface area contributed by atoms with Crippen LogP contribution in [-0.2, 0) is 6.18 Å². The first-order valence-electron chi connectivity index (χ1n) is 4.97. The van der Waals surface area contributed by atoms with Gasteiger partial charge in [-0.05, 0) is 6.07 Å². The van der Waals surface area contributed by atoms with Crippen LogP contribution < -0.4 is 0 Å². The molecule has 92 valence electrons. The first-order valence-corrected chi connectivity index (χ1v) is 4.97. The number of carbonyl (C=O) groups excluding carboxylic acids is 1. The summed E-state index contributed by atoms with van der Waals surface area (Å²) in [6, 6.07) is 6.99. The fourth-order valence-corrected chi connectivity index (χ4v) is 1.45. The molecular weight excluding hydrogens is 245 g/mol. The first-order chi connectivity index (χ1) is 8.52. The molecule has 1 heterocycles. The minimum absolute atomic E-state index is 0.118. The molecule has 0 radical (unpaired) electrons. The van der Waals surface area contributed by atoms with Crippen LogP contribution >= 0.6 is 0 Å². The van der Waals surface area contributed by atoms with Crippen LogP contribution in [0.5, 0.6) is 0 Å². The van der Waals surface area contributed by atoms with E-state index >= 15 is 0 Å². The topological polar surface area (TPSA) is 42.9 Å². The second-order valence-electron chi connectivity index (χ2n) is 3.47. The summed E-state index contributed by atoms with van der Waals surface area (Å²) in [6.45, 7) is 0. The molecule has 3 nitrogen and oxygen atoms in total. The van der Waals surface area contributed by atoms with E-state index in [1.54, 1.807) is 12.1 Å². The van der Waals surface area contributed by atoms with Crippen LogP contribution in [0, 0.1) is 0 Å². The third kappa shape index (κ3) is 2.37. The Balaban J connectivity index is 2.55. The van der Waals surface area contributed by atoms with E-state index in [1.165, 1.54) is 12.1 Å². The molecule has 18 heavy (non-hydrogen) atoms. The summed E-state index contributed by atoms with van der Waals surface area (Å²) >= 11 is 0. The Kier molecular flexibility index (Phi) is 3.10. The van der Waals surface area contributed by atoms with Gasteiger partial charge in [-0.25, -0.2) is 9.97 Å². The van der Waals surface area contributed by atoms with Crippen molar-refractivity contribution >= 4 is 6.29 Å². The Labute approximate surface area is 100 Å². The summed E-state index contributed by atoms with van der Waals surface area (Å²) in [4.78, 5) is 18.0. The minimum atomic E-state index is -4.53. The molecular formula is C12H7F3N2O. The van der Waals surface area contributed by atoms with E-state index in [0.717, 1.165) is 12.3 Å². The Morgan fingerprint density at radius 3 is 2.50 bits per heavy atom. The molecule has 6 heteroatoms. The summed E-state index contributed by atoms with van der Waals surface area (Å²) in [5.41, 5.74) is -0.511. The van der Waals surface area contributed by atoms with Crippen LogP contribution in [0.15, 0.2) is 36.5 Å². The highest BCUT2D eigenvalue weighted by atomic mass is 19.4. The van der Waals surface area contributed by atoms with Crippen molar-refractivity contribution in [3.8, 4) is 11.4 Å². The first kappa shape index (κ1) is 12.2. The molecule has 0 saturated heterocycles. The summed E-state index contributed by atoms with van der Waals surface area (Å²) in [7, 11) is 0. The number of carbonyl (C=O) groups is 1. The van der Waals surface area contributed by atoms with Crippen molar-refractivity contribution in [2.24, 2.45) is 0 Å². The Morgan fingerprint density at radius 2 is 1.83 bits per heavy atom. The largest absolute Gasteiger partial charge is 0.433 e. The smallest absolute Gasteiger partial charge is 0.298 e. The number of aldehydes is 1. The van der Waals surface area contributed by atoms with Crippen LogP contribution in [0.2, 0.25) is 0 Å². The molecule has 2 rings (SSSR count). The third-order valence-corrected chi connectivity index (χ3v) is 2.27. The van der Waals surface area contributed by atoms with E-state index in [0.29, 0.717) is 6.29 Å². The van der Waals surface area contributed by atoms with Crippen molar-refractivity contribution in [3.05, 3.63) is 47.8 Å². The molecule has 0 spiro atoms. The molecule has 0 saturated carbocycles. The van der Waals surface area contributed by atoms with Crippen molar-refractivity contribution in [2.45, 2.75) is 6.18 Å². The lowest BCUT2D eigenvalue weighted by Gasteiger charge is -2.07. The van der Waals surface area contributed by atoms with Gasteiger partial charge in [-0.3, -0.25) is 4.79 Å². The van der Waals surface area contributed by atoms with Gasteiger partial charge in [-0.15, -0.1) is 0 Å². The molecule has 0 N–H and O–H groups in total. The molecule has 0 bridgehead atoms. The van der Waals surface area contributed by atoms with Gasteiger partial charge in [0.25, 0.3) is 0 Å². The van der Waals surface area contributed by atoms with Gasteiger partial charge in [0.15, 0.2) is 12.1 Å². The maximum absolute atomic E-state index is 12.5. The molecule has 0 unspecified atom stereocenters. The lowest BCUT2D eigenvalue weighted by molar-refractivity contribution is -0.141. The van der Waals surface area contributed by atoms with Gasteiger partial charge >= 0.3 is 6.18 Å². The molecule has 0 aliphatic carbocycles. The van der Waals surface area contributed by atoms with Gasteiger partial charge in [0.05, 0.1) is 0 Å². The number of hydrogen-bond acceptors (Lipinski definition) is 3. The van der Waals surface area contributed by atoms with Crippen LogP contribution in [0.1, 0.15) is 16.1 Å². The van der Waals surface area contributed by atoms with E-state index < -0.39 is 11.9 Å². The molecule has 0 atom stereocenters. The highest BCUT2D eigenvalue weighted by molar-refractivity contribution is 5.85. The van der Waals surface area contributed by atoms with E-state index in [2.05, 4.69) is 9.97 Å². The molecule has 0 amide bonds. The predicted molar refractivity (Wildman–Crippen MR) is 57.9 cm³/mol. The number of hydrogen-bond donors (Lipinski definition) is 0. The quantitative estimate of drug-likeness (QED) is 0.771. The number of alkyl halides is 3. The predicted octanol–water partition coefficient (Wildman–Crippen LogP) is 2.97. The van der Waals surface area contributed by atoms with Crippen molar-refractivity contribution in [1.82, 2.24) is 9.97 Å². The Bertz CT molecular complexity index is 582. The zero-order valence-corrected chi connectivity index (χ0v) is 8.98. The summed E-state index contributed by atoms with van der Waals surface area (Å²) in [5, 5.41) is 0. The normalized spacial score (nSPS) is 11.3. The van der Waals surface area contributed by atoms with Gasteiger partial charge in [-0.2, -0.15) is 13.2 Å². The Hall–Kier alpha value is -2.24. The zero-order valence-electron chi connectivity index (χ0n) is 8.98. The zero-order chi connectivity index (χ0) is 13.2. The summed E-state index contributed by atoms with van der Waals surface area (Å²) in [5.74, 6) is -0.118. The number of benzene rings is 1. The van der Waals surface area contributed by atoms with Gasteiger partial charge < -0.3 is 0 Å². The molecule has 1 aromatic heterocycles. The molecule has 2 aromatic rings. The van der Waals surface area contributed by atoms with E-state index in [4.69, 9.17) is 0 Å². The minimum Gasteiger partial charge on any atom is -0.298 e. The Morgan fingerprint density at radius 1 is 1.11 bits per heavy atom. The van der Waals surface area contributed by atoms with Gasteiger partial charge in [-0.1, -0.05) is 24.3 Å². The van der Waals surface area contributed by atoms with Gasteiger partial charge in [0.2, 0.25) is 0 Å². The average Bonchev–Trinajstić information content (AvgIpc) is 2.38. The molecule has 0 fully saturated rings. The monoisotopic (exact) mass is 252 g/mol. The van der Waals surface area contributed by atoms with Crippen LogP contribution in [0.25, 0.3) is 11.4 Å². The highest BCUT2D eigenvalue weighted by Crippen LogP contribution is 2.29. The average molecular weight is 252 g/mol. The number of halogens is 3. The van der Waals surface area contributed by atoms with Crippen molar-refractivity contribution < 1.29 is 18.0 Å². The standard InChI is InChI=1S/C12H7F3N2O/c13-12(14,15)10-5-6-16-11(17-10)9-4-2-1-3-8(9)7-18/h1-7H. The second-order valence-corrected chi connectivity index (χ2v) is 3.47. The maximum atomic E-state index is 12.5. The molecule has 1 aromatic carbocycles. The lowest BCUT2D eigenvalue weighted by Crippen LogP contribution is -2.09. The van der Waals surface area contributed by atoms with Crippen LogP contribution in [0.4, 0.5) is 13.2 Å². The number of nitrogens with zero attached hydrogens (tertiary/aromatic N) is 2. The third-order valence-electron chi connectivity index (χ3n) is 2.27. The fourth-order valence-electron chi connectivity index (χ4n) is 1.45. The second kappa shape index (κ2) is 4.56. The van der Waals surface area contributed by atoms with Crippen molar-refractivity contribution in [3.63, 3.8) is 0 Å². The lowest BCUT2D eigenvalue weighted by atomic mass is 10.1. The van der Waals surface area contributed by atoms with Crippen LogP contribution in [0.3, 0.4) is 0 Å². The molecule has 0 aliphatic rings. The molecule has 0 aliphatic heterocycles. The summed E-state index contributed by atoms with van der Waals surface area (Å²) < 4.78 is 37.5. The van der Waals surface area contributed by atoms with Gasteiger partial charge in [0.1, 0.15) is 5.69 Å². The fraction of sp³-hybridized carbons (Fsp3) is 0.0833. The summed E-state index contributed by atoms with van der Waals surface area (Å²) in [6.07, 6.45) is -2.96. The number of aromatic nitrogens is 2. The van der Waals surface area contributed by atoms with E-state index in [9.17, 15) is 18.0 Å². The maximum Gasteiger partial charge on any atom is 0.433 e. The van der Waals surface area contributed by atoms with Crippen LogP contribution in [-0.4, -0.2) is 16.3 Å². The SMILES string of the molecule is O=Cc1ccccc1-c1nccc(C(F)(F)F)n1. The van der Waals surface area contributed by atoms with Gasteiger partial charge in [0, 0.05) is 17.3 Å². The van der Waals surface area contributed by atoms with Crippen molar-refractivity contribution in [2.75, 3.05) is 0 Å². The number of rotatable bonds is 2. The van der Waals surface area contributed by atoms with E-state index in [1.807, 2.05) is 0 Å². The van der Waals surface area contributed by atoms with E-state index in [-0.39, 0.29) is 17.0 Å².